The molecule has 0 unspecified atom stereocenters. The fraction of sp³-hybridized carbons (Fsp3) is 0.357. The van der Waals surface area contributed by atoms with Crippen molar-refractivity contribution in [3.05, 3.63) is 40.6 Å². The third-order valence-corrected chi connectivity index (χ3v) is 3.24. The maximum atomic E-state index is 8.99. The first-order valence-electron chi connectivity index (χ1n) is 5.67. The number of anilines is 1. The van der Waals surface area contributed by atoms with E-state index in [1.54, 1.807) is 0 Å². The van der Waals surface area contributed by atoms with E-state index in [0.29, 0.717) is 0 Å². The largest absolute Gasteiger partial charge is 0.358 e. The van der Waals surface area contributed by atoms with E-state index >= 15 is 0 Å². The topological polar surface area (TPSA) is 35.8 Å². The lowest BCUT2D eigenvalue weighted by molar-refractivity contribution is 0.901. The van der Waals surface area contributed by atoms with Crippen LogP contribution in [0.15, 0.2) is 29.5 Å². The Bertz CT molecular complexity index is 478. The molecule has 0 fully saturated rings. The number of allylic oxidation sites excluding steroid dienone is 2. The SMILES string of the molecule is Cc1cccc(NC2=C(C#N)CCC2)c1C. The van der Waals surface area contributed by atoms with Crippen LogP contribution >= 0.6 is 0 Å². The van der Waals surface area contributed by atoms with Crippen LogP contribution in [0.4, 0.5) is 5.69 Å². The highest BCUT2D eigenvalue weighted by molar-refractivity contribution is 5.58. The minimum Gasteiger partial charge on any atom is -0.358 e. The van der Waals surface area contributed by atoms with Crippen LogP contribution < -0.4 is 5.32 Å². The van der Waals surface area contributed by atoms with Crippen molar-refractivity contribution in [1.29, 1.82) is 5.26 Å². The van der Waals surface area contributed by atoms with Gasteiger partial charge in [0.05, 0.1) is 6.07 Å². The van der Waals surface area contributed by atoms with Gasteiger partial charge in [0.2, 0.25) is 0 Å². The molecular formula is C14H16N2. The molecule has 0 amide bonds. The number of nitriles is 1. The summed E-state index contributed by atoms with van der Waals surface area (Å²) in [6.07, 6.45) is 3.01. The summed E-state index contributed by atoms with van der Waals surface area (Å²) in [6.45, 7) is 4.22. The normalized spacial score (nSPS) is 15.1. The third kappa shape index (κ3) is 1.94. The molecule has 1 aliphatic rings. The number of nitrogens with one attached hydrogen (secondary N) is 1. The molecule has 2 rings (SSSR count). The minimum atomic E-state index is 0.918. The molecule has 0 atom stereocenters. The second-order valence-corrected chi connectivity index (χ2v) is 4.29. The van der Waals surface area contributed by atoms with E-state index in [1.165, 1.54) is 11.1 Å². The molecule has 1 aliphatic carbocycles. The van der Waals surface area contributed by atoms with E-state index in [0.717, 1.165) is 36.2 Å². The molecule has 1 aromatic rings. The van der Waals surface area contributed by atoms with Crippen molar-refractivity contribution < 1.29 is 0 Å². The van der Waals surface area contributed by atoms with E-state index in [1.807, 2.05) is 6.07 Å². The highest BCUT2D eigenvalue weighted by atomic mass is 14.9. The van der Waals surface area contributed by atoms with Crippen LogP contribution in [0.1, 0.15) is 30.4 Å². The Kier molecular flexibility index (Phi) is 2.96. The smallest absolute Gasteiger partial charge is 0.0965 e. The Hall–Kier alpha value is -1.75. The van der Waals surface area contributed by atoms with Gasteiger partial charge in [-0.3, -0.25) is 0 Å². The summed E-state index contributed by atoms with van der Waals surface area (Å²) in [4.78, 5) is 0. The average Bonchev–Trinajstić information content (AvgIpc) is 2.72. The van der Waals surface area contributed by atoms with Crippen LogP contribution in [0, 0.1) is 25.2 Å². The van der Waals surface area contributed by atoms with Gasteiger partial charge in [0.25, 0.3) is 0 Å². The van der Waals surface area contributed by atoms with Gasteiger partial charge >= 0.3 is 0 Å². The van der Waals surface area contributed by atoms with Crippen LogP contribution in [-0.2, 0) is 0 Å². The Labute approximate surface area is 96.6 Å². The summed E-state index contributed by atoms with van der Waals surface area (Å²) in [5, 5.41) is 12.4. The highest BCUT2D eigenvalue weighted by Crippen LogP contribution is 2.28. The van der Waals surface area contributed by atoms with Crippen molar-refractivity contribution in [2.24, 2.45) is 0 Å². The monoisotopic (exact) mass is 212 g/mol. The maximum Gasteiger partial charge on any atom is 0.0965 e. The zero-order valence-electron chi connectivity index (χ0n) is 9.80. The first-order chi connectivity index (χ1) is 7.72. The van der Waals surface area contributed by atoms with Crippen LogP contribution in [0.3, 0.4) is 0 Å². The zero-order valence-corrected chi connectivity index (χ0v) is 9.80. The summed E-state index contributed by atoms with van der Waals surface area (Å²) in [5.74, 6) is 0. The Morgan fingerprint density at radius 2 is 2.06 bits per heavy atom. The lowest BCUT2D eigenvalue weighted by atomic mass is 10.1. The number of aryl methyl sites for hydroxylation is 1. The van der Waals surface area contributed by atoms with Crippen molar-refractivity contribution in [1.82, 2.24) is 0 Å². The van der Waals surface area contributed by atoms with Crippen molar-refractivity contribution >= 4 is 5.69 Å². The Morgan fingerprint density at radius 3 is 2.81 bits per heavy atom. The van der Waals surface area contributed by atoms with Crippen LogP contribution in [0.25, 0.3) is 0 Å². The van der Waals surface area contributed by atoms with Gasteiger partial charge < -0.3 is 5.32 Å². The summed E-state index contributed by atoms with van der Waals surface area (Å²) < 4.78 is 0. The van der Waals surface area contributed by atoms with Gasteiger partial charge in [-0.05, 0) is 50.3 Å². The summed E-state index contributed by atoms with van der Waals surface area (Å²) in [6, 6.07) is 8.51. The van der Waals surface area contributed by atoms with Crippen molar-refractivity contribution in [3.63, 3.8) is 0 Å². The van der Waals surface area contributed by atoms with Gasteiger partial charge in [-0.2, -0.15) is 5.26 Å². The molecule has 0 saturated carbocycles. The predicted molar refractivity (Wildman–Crippen MR) is 66.0 cm³/mol. The Morgan fingerprint density at radius 1 is 1.25 bits per heavy atom. The molecule has 0 radical (unpaired) electrons. The van der Waals surface area contributed by atoms with Crippen LogP contribution in [0.5, 0.6) is 0 Å². The van der Waals surface area contributed by atoms with Crippen LogP contribution in [0.2, 0.25) is 0 Å². The second kappa shape index (κ2) is 4.40. The molecule has 82 valence electrons. The summed E-state index contributed by atoms with van der Waals surface area (Å²) in [7, 11) is 0. The lowest BCUT2D eigenvalue weighted by Crippen LogP contribution is -2.01. The molecular weight excluding hydrogens is 196 g/mol. The van der Waals surface area contributed by atoms with E-state index in [4.69, 9.17) is 5.26 Å². The van der Waals surface area contributed by atoms with Crippen molar-refractivity contribution in [2.45, 2.75) is 33.1 Å². The summed E-state index contributed by atoms with van der Waals surface area (Å²) in [5.41, 5.74) is 5.70. The van der Waals surface area contributed by atoms with E-state index in [-0.39, 0.29) is 0 Å². The zero-order chi connectivity index (χ0) is 11.5. The first-order valence-corrected chi connectivity index (χ1v) is 5.67. The molecule has 1 aromatic carbocycles. The molecule has 0 heterocycles. The predicted octanol–water partition coefficient (Wildman–Crippen LogP) is 3.68. The molecule has 0 aliphatic heterocycles. The van der Waals surface area contributed by atoms with Crippen LogP contribution in [-0.4, -0.2) is 0 Å². The average molecular weight is 212 g/mol. The fourth-order valence-corrected chi connectivity index (χ4v) is 2.05. The number of nitrogens with zero attached hydrogens (tertiary/aromatic N) is 1. The number of benzene rings is 1. The van der Waals surface area contributed by atoms with E-state index < -0.39 is 0 Å². The number of hydrogen-bond acceptors (Lipinski definition) is 2. The van der Waals surface area contributed by atoms with Gasteiger partial charge in [0.1, 0.15) is 0 Å². The lowest BCUT2D eigenvalue weighted by Gasteiger charge is -2.12. The van der Waals surface area contributed by atoms with E-state index in [9.17, 15) is 0 Å². The molecule has 2 heteroatoms. The molecule has 1 N–H and O–H groups in total. The van der Waals surface area contributed by atoms with Gasteiger partial charge in [0.15, 0.2) is 0 Å². The molecule has 0 saturated heterocycles. The number of hydrogen-bond donors (Lipinski definition) is 1. The number of rotatable bonds is 2. The fourth-order valence-electron chi connectivity index (χ4n) is 2.05. The minimum absolute atomic E-state index is 0.918. The molecule has 0 spiro atoms. The third-order valence-electron chi connectivity index (χ3n) is 3.24. The van der Waals surface area contributed by atoms with Gasteiger partial charge in [-0.1, -0.05) is 12.1 Å². The van der Waals surface area contributed by atoms with Gasteiger partial charge in [-0.25, -0.2) is 0 Å². The highest BCUT2D eigenvalue weighted by Gasteiger charge is 2.14. The second-order valence-electron chi connectivity index (χ2n) is 4.29. The first kappa shape index (κ1) is 10.8. The summed E-state index contributed by atoms with van der Waals surface area (Å²) >= 11 is 0. The van der Waals surface area contributed by atoms with Crippen molar-refractivity contribution in [3.8, 4) is 6.07 Å². The molecule has 0 bridgehead atoms. The Balaban J connectivity index is 2.28. The van der Waals surface area contributed by atoms with Gasteiger partial charge in [-0.15, -0.1) is 0 Å². The van der Waals surface area contributed by atoms with Crippen molar-refractivity contribution in [2.75, 3.05) is 5.32 Å². The van der Waals surface area contributed by atoms with Gasteiger partial charge in [0, 0.05) is 17.0 Å². The quantitative estimate of drug-likeness (QED) is 0.811. The molecule has 16 heavy (non-hydrogen) atoms. The maximum absolute atomic E-state index is 8.99. The standard InChI is InChI=1S/C14H16N2/c1-10-5-3-7-13(11(10)2)16-14-8-4-6-12(14)9-15/h3,5,7,16H,4,6,8H2,1-2H3. The van der Waals surface area contributed by atoms with E-state index in [2.05, 4.69) is 37.4 Å². The molecule has 0 aromatic heterocycles. The molecule has 2 nitrogen and oxygen atoms in total.